The van der Waals surface area contributed by atoms with Gasteiger partial charge in [-0.3, -0.25) is 14.8 Å². The van der Waals surface area contributed by atoms with Gasteiger partial charge in [0.2, 0.25) is 0 Å². The first-order valence-electron chi connectivity index (χ1n) is 9.80. The normalized spacial score (nSPS) is 30.5. The van der Waals surface area contributed by atoms with E-state index in [-0.39, 0.29) is 0 Å². The van der Waals surface area contributed by atoms with Crippen LogP contribution in [-0.2, 0) is 0 Å². The molecule has 2 bridgehead atoms. The minimum atomic E-state index is -4.15. The van der Waals surface area contributed by atoms with Crippen LogP contribution in [0.1, 0.15) is 25.7 Å². The molecule has 0 aromatic rings. The van der Waals surface area contributed by atoms with Crippen LogP contribution in [0, 0.1) is 11.8 Å². The molecule has 8 heteroatoms. The Bertz CT molecular complexity index is 488. The molecule has 1 heterocycles. The van der Waals surface area contributed by atoms with Gasteiger partial charge in [-0.25, -0.2) is 0 Å². The first kappa shape index (κ1) is 19.7. The maximum absolute atomic E-state index is 12.4. The fourth-order valence-corrected chi connectivity index (χ4v) is 5.00. The Balaban J connectivity index is 1.38. The molecule has 3 rings (SSSR count). The molecule has 5 nitrogen and oxygen atoms in total. The van der Waals surface area contributed by atoms with Gasteiger partial charge in [-0.2, -0.15) is 13.2 Å². The Labute approximate surface area is 154 Å². The van der Waals surface area contributed by atoms with E-state index in [9.17, 15) is 13.2 Å². The van der Waals surface area contributed by atoms with Gasteiger partial charge in [0.05, 0.1) is 6.54 Å². The average molecular weight is 375 g/mol. The number of aliphatic imine (C=N–C) groups is 1. The fourth-order valence-electron chi connectivity index (χ4n) is 5.00. The molecule has 3 aliphatic rings. The third-order valence-electron chi connectivity index (χ3n) is 6.22. The van der Waals surface area contributed by atoms with E-state index in [0.29, 0.717) is 13.1 Å². The number of likely N-dealkylation sites (N-methyl/N-ethyl adjacent to an activating group) is 1. The zero-order chi connectivity index (χ0) is 18.7. The standard InChI is InChI=1S/C18H32F3N5/c1-22-17(23-5-6-24(2)13-18(19,20)21)26-9-7-25(8-10-26)16-12-14-3-4-15(16)11-14/h14-16H,3-13H2,1-2H3,(H,22,23). The van der Waals surface area contributed by atoms with Gasteiger partial charge in [0.25, 0.3) is 0 Å². The highest BCUT2D eigenvalue weighted by Crippen LogP contribution is 2.46. The number of halogens is 3. The van der Waals surface area contributed by atoms with Crippen molar-refractivity contribution >= 4 is 5.96 Å². The highest BCUT2D eigenvalue weighted by atomic mass is 19.4. The van der Waals surface area contributed by atoms with Crippen LogP contribution in [0.15, 0.2) is 4.99 Å². The molecule has 0 aromatic heterocycles. The van der Waals surface area contributed by atoms with Crippen molar-refractivity contribution < 1.29 is 13.2 Å². The van der Waals surface area contributed by atoms with E-state index in [1.807, 2.05) is 0 Å². The van der Waals surface area contributed by atoms with E-state index in [4.69, 9.17) is 0 Å². The van der Waals surface area contributed by atoms with Gasteiger partial charge in [0.1, 0.15) is 0 Å². The largest absolute Gasteiger partial charge is 0.401 e. The molecule has 2 aliphatic carbocycles. The molecular formula is C18H32F3N5. The van der Waals surface area contributed by atoms with Crippen LogP contribution in [-0.4, -0.2) is 92.8 Å². The molecule has 0 spiro atoms. The Morgan fingerprint density at radius 1 is 1.15 bits per heavy atom. The lowest BCUT2D eigenvalue weighted by Gasteiger charge is -2.42. The third-order valence-corrected chi connectivity index (χ3v) is 6.22. The predicted molar refractivity (Wildman–Crippen MR) is 97.3 cm³/mol. The molecular weight excluding hydrogens is 343 g/mol. The minimum absolute atomic E-state index is 0.337. The number of alkyl halides is 3. The number of hydrogen-bond donors (Lipinski definition) is 1. The lowest BCUT2D eigenvalue weighted by atomic mass is 9.93. The number of piperazine rings is 1. The second-order valence-corrected chi connectivity index (χ2v) is 8.09. The Morgan fingerprint density at radius 2 is 1.88 bits per heavy atom. The summed E-state index contributed by atoms with van der Waals surface area (Å²) < 4.78 is 37.1. The molecule has 1 N–H and O–H groups in total. The smallest absolute Gasteiger partial charge is 0.355 e. The zero-order valence-electron chi connectivity index (χ0n) is 15.9. The summed E-state index contributed by atoms with van der Waals surface area (Å²) in [5.41, 5.74) is 0. The van der Waals surface area contributed by atoms with E-state index in [1.54, 1.807) is 7.05 Å². The van der Waals surface area contributed by atoms with Crippen molar-refractivity contribution in [3.8, 4) is 0 Å². The Morgan fingerprint density at radius 3 is 2.42 bits per heavy atom. The Hall–Kier alpha value is -1.02. The molecule has 3 unspecified atom stereocenters. The van der Waals surface area contributed by atoms with Gasteiger partial charge in [0, 0.05) is 52.4 Å². The minimum Gasteiger partial charge on any atom is -0.355 e. The molecule has 0 aromatic carbocycles. The summed E-state index contributed by atoms with van der Waals surface area (Å²) in [6.45, 7) is 3.91. The summed E-state index contributed by atoms with van der Waals surface area (Å²) in [7, 11) is 3.23. The van der Waals surface area contributed by atoms with Crippen LogP contribution in [0.25, 0.3) is 0 Å². The zero-order valence-corrected chi connectivity index (χ0v) is 15.9. The highest BCUT2D eigenvalue weighted by molar-refractivity contribution is 5.80. The fraction of sp³-hybridized carbons (Fsp3) is 0.944. The molecule has 26 heavy (non-hydrogen) atoms. The van der Waals surface area contributed by atoms with E-state index < -0.39 is 12.7 Å². The number of rotatable bonds is 5. The molecule has 1 saturated heterocycles. The number of fused-ring (bicyclic) bond motifs is 2. The summed E-state index contributed by atoms with van der Waals surface area (Å²) in [6.07, 6.45) is 1.50. The number of nitrogens with one attached hydrogen (secondary N) is 1. The maximum atomic E-state index is 12.4. The van der Waals surface area contributed by atoms with Crippen LogP contribution < -0.4 is 5.32 Å². The van der Waals surface area contributed by atoms with Gasteiger partial charge >= 0.3 is 6.18 Å². The summed E-state index contributed by atoms with van der Waals surface area (Å²) in [5, 5.41) is 3.22. The molecule has 1 aliphatic heterocycles. The lowest BCUT2D eigenvalue weighted by molar-refractivity contribution is -0.142. The van der Waals surface area contributed by atoms with Crippen molar-refractivity contribution in [2.24, 2.45) is 16.8 Å². The van der Waals surface area contributed by atoms with Crippen molar-refractivity contribution in [3.05, 3.63) is 0 Å². The summed E-state index contributed by atoms with van der Waals surface area (Å²) in [4.78, 5) is 10.5. The monoisotopic (exact) mass is 375 g/mol. The molecule has 3 fully saturated rings. The van der Waals surface area contributed by atoms with Crippen LogP contribution in [0.4, 0.5) is 13.2 Å². The molecule has 0 radical (unpaired) electrons. The van der Waals surface area contributed by atoms with E-state index in [1.165, 1.54) is 37.6 Å². The predicted octanol–water partition coefficient (Wildman–Crippen LogP) is 1.86. The number of nitrogens with zero attached hydrogens (tertiary/aromatic N) is 4. The first-order chi connectivity index (χ1) is 12.4. The summed E-state index contributed by atoms with van der Waals surface area (Å²) >= 11 is 0. The second-order valence-electron chi connectivity index (χ2n) is 8.09. The SMILES string of the molecule is CN=C(NCCN(C)CC(F)(F)F)N1CCN(C2CC3CCC2C3)CC1. The van der Waals surface area contributed by atoms with Crippen molar-refractivity contribution in [1.29, 1.82) is 0 Å². The molecule has 2 saturated carbocycles. The average Bonchev–Trinajstić information content (AvgIpc) is 3.21. The first-order valence-corrected chi connectivity index (χ1v) is 9.80. The van der Waals surface area contributed by atoms with Gasteiger partial charge in [-0.15, -0.1) is 0 Å². The Kier molecular flexibility index (Phi) is 6.33. The number of guanidine groups is 1. The molecule has 3 atom stereocenters. The van der Waals surface area contributed by atoms with Gasteiger partial charge in [-0.05, 0) is 38.1 Å². The van der Waals surface area contributed by atoms with Crippen LogP contribution in [0.3, 0.4) is 0 Å². The van der Waals surface area contributed by atoms with Crippen LogP contribution in [0.5, 0.6) is 0 Å². The van der Waals surface area contributed by atoms with Crippen molar-refractivity contribution in [1.82, 2.24) is 20.0 Å². The number of hydrogen-bond acceptors (Lipinski definition) is 3. The van der Waals surface area contributed by atoms with Crippen LogP contribution in [0.2, 0.25) is 0 Å². The maximum Gasteiger partial charge on any atom is 0.401 e. The van der Waals surface area contributed by atoms with Crippen molar-refractivity contribution in [3.63, 3.8) is 0 Å². The highest BCUT2D eigenvalue weighted by Gasteiger charge is 2.42. The lowest BCUT2D eigenvalue weighted by Crippen LogP contribution is -2.56. The van der Waals surface area contributed by atoms with Crippen molar-refractivity contribution in [2.75, 3.05) is 59.9 Å². The summed E-state index contributed by atoms with van der Waals surface area (Å²) in [6, 6.07) is 0.780. The van der Waals surface area contributed by atoms with Gasteiger partial charge in [0.15, 0.2) is 5.96 Å². The van der Waals surface area contributed by atoms with Gasteiger partial charge < -0.3 is 10.2 Å². The van der Waals surface area contributed by atoms with Gasteiger partial charge in [-0.1, -0.05) is 6.42 Å². The van der Waals surface area contributed by atoms with E-state index in [0.717, 1.165) is 50.0 Å². The third kappa shape index (κ3) is 5.03. The molecule has 150 valence electrons. The quantitative estimate of drug-likeness (QED) is 0.588. The topological polar surface area (TPSA) is 34.1 Å². The van der Waals surface area contributed by atoms with Crippen LogP contribution >= 0.6 is 0 Å². The van der Waals surface area contributed by atoms with E-state index >= 15 is 0 Å². The molecule has 0 amide bonds. The van der Waals surface area contributed by atoms with E-state index in [2.05, 4.69) is 20.1 Å². The summed E-state index contributed by atoms with van der Waals surface area (Å²) in [5.74, 6) is 2.68. The van der Waals surface area contributed by atoms with Crippen molar-refractivity contribution in [2.45, 2.75) is 37.9 Å². The second kappa shape index (κ2) is 8.33.